The summed E-state index contributed by atoms with van der Waals surface area (Å²) in [7, 11) is 1.90. The molecule has 5 nitrogen and oxygen atoms in total. The average molecular weight is 266 g/mol. The Kier molecular flexibility index (Phi) is 3.65. The van der Waals surface area contributed by atoms with Crippen LogP contribution in [0.15, 0.2) is 10.9 Å². The number of nitrogens with two attached hydrogens (primary N) is 1. The van der Waals surface area contributed by atoms with Crippen LogP contribution in [0, 0.1) is 0 Å². The number of nitrogens with zero attached hydrogens (tertiary/aromatic N) is 2. The third-order valence-corrected chi connectivity index (χ3v) is 3.40. The van der Waals surface area contributed by atoms with Crippen molar-refractivity contribution in [1.29, 1.82) is 0 Å². The maximum absolute atomic E-state index is 11.6. The third kappa shape index (κ3) is 3.07. The molecule has 98 valence electrons. The fraction of sp³-hybridized carbons (Fsp3) is 0.583. The lowest BCUT2D eigenvalue weighted by atomic mass is 10.2. The van der Waals surface area contributed by atoms with Gasteiger partial charge in [-0.05, 0) is 19.8 Å². The van der Waals surface area contributed by atoms with Gasteiger partial charge in [-0.3, -0.25) is 4.79 Å². The number of rotatable bonds is 5. The second-order valence-corrected chi connectivity index (χ2v) is 5.42. The Morgan fingerprint density at radius 3 is 2.94 bits per heavy atom. The predicted octanol–water partition coefficient (Wildman–Crippen LogP) is 1.15. The van der Waals surface area contributed by atoms with E-state index in [0.717, 1.165) is 18.7 Å². The molecule has 0 saturated heterocycles. The molecule has 2 rings (SSSR count). The Morgan fingerprint density at radius 2 is 2.39 bits per heavy atom. The molecule has 18 heavy (non-hydrogen) atoms. The first-order valence-corrected chi connectivity index (χ1v) is 6.50. The highest BCUT2D eigenvalue weighted by molar-refractivity contribution is 7.80. The summed E-state index contributed by atoms with van der Waals surface area (Å²) >= 11 is 4.91. The van der Waals surface area contributed by atoms with Crippen LogP contribution in [0.3, 0.4) is 0 Å². The summed E-state index contributed by atoms with van der Waals surface area (Å²) in [6.45, 7) is 2.01. The van der Waals surface area contributed by atoms with Crippen LogP contribution in [0.5, 0.6) is 0 Å². The molecule has 1 aromatic rings. The Morgan fingerprint density at radius 1 is 1.72 bits per heavy atom. The Balaban J connectivity index is 2.21. The fourth-order valence-corrected chi connectivity index (χ4v) is 2.09. The number of nitrogens with one attached hydrogen (secondary N) is 1. The average Bonchev–Trinajstić information content (AvgIpc) is 3.09. The molecule has 1 aromatic heterocycles. The standard InChI is InChI=1S/C12H18N4OS/c1-7(5-9(13)18)16(2)10-6-11(17)15-12(14-10)8-3-4-8/h6-8H,3-5H2,1-2H3,(H2,13,18)(H,14,15,17). The highest BCUT2D eigenvalue weighted by atomic mass is 32.1. The van der Waals surface area contributed by atoms with Gasteiger partial charge in [0.1, 0.15) is 11.6 Å². The lowest BCUT2D eigenvalue weighted by molar-refractivity contribution is 0.698. The number of hydrogen-bond donors (Lipinski definition) is 2. The minimum absolute atomic E-state index is 0.101. The molecule has 1 saturated carbocycles. The van der Waals surface area contributed by atoms with Crippen LogP contribution in [-0.2, 0) is 0 Å². The summed E-state index contributed by atoms with van der Waals surface area (Å²) in [5.74, 6) is 1.91. The minimum Gasteiger partial charge on any atom is -0.393 e. The topological polar surface area (TPSA) is 75.0 Å². The summed E-state index contributed by atoms with van der Waals surface area (Å²) in [5, 5.41) is 0. The van der Waals surface area contributed by atoms with E-state index in [-0.39, 0.29) is 11.6 Å². The lowest BCUT2D eigenvalue weighted by Gasteiger charge is -2.25. The highest BCUT2D eigenvalue weighted by Crippen LogP contribution is 2.37. The van der Waals surface area contributed by atoms with Crippen molar-refractivity contribution in [3.63, 3.8) is 0 Å². The summed E-state index contributed by atoms with van der Waals surface area (Å²) < 4.78 is 0. The Hall–Kier alpha value is -1.43. The van der Waals surface area contributed by atoms with Gasteiger partial charge in [-0.15, -0.1) is 0 Å². The molecular formula is C12H18N4OS. The minimum atomic E-state index is -0.101. The summed E-state index contributed by atoms with van der Waals surface area (Å²) in [6, 6.07) is 1.64. The number of anilines is 1. The van der Waals surface area contributed by atoms with E-state index in [0.29, 0.717) is 23.1 Å². The SMILES string of the molecule is CC(CC(N)=S)N(C)c1cc(=O)[nH]c(C2CC2)n1. The fourth-order valence-electron chi connectivity index (χ4n) is 1.85. The molecule has 1 unspecified atom stereocenters. The number of aromatic amines is 1. The van der Waals surface area contributed by atoms with Crippen molar-refractivity contribution in [2.45, 2.75) is 38.1 Å². The smallest absolute Gasteiger partial charge is 0.252 e. The van der Waals surface area contributed by atoms with Crippen LogP contribution < -0.4 is 16.2 Å². The van der Waals surface area contributed by atoms with E-state index in [4.69, 9.17) is 18.0 Å². The molecule has 0 bridgehead atoms. The largest absolute Gasteiger partial charge is 0.393 e. The van der Waals surface area contributed by atoms with E-state index in [1.54, 1.807) is 0 Å². The zero-order chi connectivity index (χ0) is 13.3. The van der Waals surface area contributed by atoms with Crippen molar-refractivity contribution >= 4 is 23.0 Å². The zero-order valence-electron chi connectivity index (χ0n) is 10.6. The molecular weight excluding hydrogens is 248 g/mol. The van der Waals surface area contributed by atoms with Crippen LogP contribution in [0.2, 0.25) is 0 Å². The molecule has 1 fully saturated rings. The van der Waals surface area contributed by atoms with Gasteiger partial charge in [0.15, 0.2) is 0 Å². The molecule has 1 aliphatic rings. The quantitative estimate of drug-likeness (QED) is 0.782. The van der Waals surface area contributed by atoms with E-state index >= 15 is 0 Å². The van der Waals surface area contributed by atoms with E-state index in [1.807, 2.05) is 18.9 Å². The molecule has 0 amide bonds. The van der Waals surface area contributed by atoms with Gasteiger partial charge < -0.3 is 15.6 Å². The molecule has 1 heterocycles. The van der Waals surface area contributed by atoms with Crippen LogP contribution in [0.4, 0.5) is 5.82 Å². The molecule has 3 N–H and O–H groups in total. The molecule has 1 aliphatic carbocycles. The molecule has 0 aliphatic heterocycles. The molecule has 0 aromatic carbocycles. The van der Waals surface area contributed by atoms with Gasteiger partial charge in [-0.25, -0.2) is 4.98 Å². The molecule has 1 atom stereocenters. The normalized spacial score (nSPS) is 16.3. The van der Waals surface area contributed by atoms with Gasteiger partial charge in [-0.2, -0.15) is 0 Å². The second-order valence-electron chi connectivity index (χ2n) is 4.89. The molecule has 6 heteroatoms. The van der Waals surface area contributed by atoms with Gasteiger partial charge >= 0.3 is 0 Å². The highest BCUT2D eigenvalue weighted by Gasteiger charge is 2.27. The Labute approximate surface area is 111 Å². The van der Waals surface area contributed by atoms with Gasteiger partial charge in [0.05, 0.1) is 4.99 Å². The Bertz CT molecular complexity index is 509. The van der Waals surface area contributed by atoms with Gasteiger partial charge in [0.2, 0.25) is 0 Å². The first-order chi connectivity index (χ1) is 8.47. The first-order valence-electron chi connectivity index (χ1n) is 6.09. The van der Waals surface area contributed by atoms with E-state index in [1.165, 1.54) is 6.07 Å². The maximum Gasteiger partial charge on any atom is 0.252 e. The van der Waals surface area contributed by atoms with Gasteiger partial charge in [0, 0.05) is 31.5 Å². The van der Waals surface area contributed by atoms with Crippen LogP contribution in [-0.4, -0.2) is 28.0 Å². The summed E-state index contributed by atoms with van der Waals surface area (Å²) in [4.78, 5) is 21.3. The summed E-state index contributed by atoms with van der Waals surface area (Å²) in [6.07, 6.45) is 2.83. The molecule has 0 radical (unpaired) electrons. The van der Waals surface area contributed by atoms with E-state index < -0.39 is 0 Å². The lowest BCUT2D eigenvalue weighted by Crippen LogP contribution is -2.34. The van der Waals surface area contributed by atoms with Crippen LogP contribution in [0.1, 0.15) is 37.9 Å². The van der Waals surface area contributed by atoms with Gasteiger partial charge in [-0.1, -0.05) is 12.2 Å². The van der Waals surface area contributed by atoms with Crippen LogP contribution in [0.25, 0.3) is 0 Å². The predicted molar refractivity (Wildman–Crippen MR) is 76.1 cm³/mol. The van der Waals surface area contributed by atoms with Gasteiger partial charge in [0.25, 0.3) is 5.56 Å². The van der Waals surface area contributed by atoms with Crippen molar-refractivity contribution in [1.82, 2.24) is 9.97 Å². The van der Waals surface area contributed by atoms with Crippen molar-refractivity contribution < 1.29 is 0 Å². The number of hydrogen-bond acceptors (Lipinski definition) is 4. The van der Waals surface area contributed by atoms with Crippen molar-refractivity contribution in [3.8, 4) is 0 Å². The third-order valence-electron chi connectivity index (χ3n) is 3.23. The van der Waals surface area contributed by atoms with Crippen molar-refractivity contribution in [2.24, 2.45) is 5.73 Å². The van der Waals surface area contributed by atoms with E-state index in [2.05, 4.69) is 9.97 Å². The monoisotopic (exact) mass is 266 g/mol. The number of thiocarbonyl (C=S) groups is 1. The van der Waals surface area contributed by atoms with Crippen molar-refractivity contribution in [3.05, 3.63) is 22.2 Å². The molecule has 0 spiro atoms. The first kappa shape index (κ1) is 13.0. The summed E-state index contributed by atoms with van der Waals surface area (Å²) in [5.41, 5.74) is 5.44. The number of aromatic nitrogens is 2. The second kappa shape index (κ2) is 5.06. The van der Waals surface area contributed by atoms with E-state index in [9.17, 15) is 4.79 Å². The van der Waals surface area contributed by atoms with Crippen molar-refractivity contribution in [2.75, 3.05) is 11.9 Å². The van der Waals surface area contributed by atoms with Crippen LogP contribution >= 0.6 is 12.2 Å². The zero-order valence-corrected chi connectivity index (χ0v) is 11.5. The maximum atomic E-state index is 11.6. The number of H-pyrrole nitrogens is 1.